The number of nitrogen functional groups attached to an aromatic ring is 1. The predicted molar refractivity (Wildman–Crippen MR) is 139 cm³/mol. The number of aromatic nitrogens is 2. The fraction of sp³-hybridized carbons (Fsp3) is 0.292. The maximum atomic E-state index is 13.1. The highest BCUT2D eigenvalue weighted by Crippen LogP contribution is 2.40. The number of allylic oxidation sites excluding steroid dienone is 2. The number of oxime groups is 1. The van der Waals surface area contributed by atoms with Crippen LogP contribution in [0.5, 0.6) is 0 Å². The number of nitrogens with two attached hydrogens (primary N) is 1. The quantitative estimate of drug-likeness (QED) is 0.141. The summed E-state index contributed by atoms with van der Waals surface area (Å²) >= 11 is 2.30. The maximum absolute atomic E-state index is 13.1. The molecule has 2 atom stereocenters. The molecule has 0 radical (unpaired) electrons. The summed E-state index contributed by atoms with van der Waals surface area (Å²) < 4.78 is 1.89. The first-order valence-corrected chi connectivity index (χ1v) is 13.4. The number of anilines is 1. The molecule has 2 amide bonds. The van der Waals surface area contributed by atoms with Gasteiger partial charge in [-0.2, -0.15) is 0 Å². The van der Waals surface area contributed by atoms with E-state index in [2.05, 4.69) is 15.5 Å². The standard InChI is InChI=1S/C24H24N6O7S2/c1-24(2,22(35)36)37-28-15(14-12-39-23(25)26-14)18(31)27-16-19(32)30-17(21(33)34)13(11-38-20(16)30)7-6-10-29-8-4-3-5-9-29/h3-9,12,16,20H,10-11H2,1-2H3,(H4-,25,26,27,31,33,34,35,36)/b7-6?,28-15-/t16?,20-/m0/s1. The second kappa shape index (κ2) is 11.2. The zero-order valence-corrected chi connectivity index (χ0v) is 22.4. The van der Waals surface area contributed by atoms with Crippen LogP contribution in [0.2, 0.25) is 0 Å². The van der Waals surface area contributed by atoms with Gasteiger partial charge in [0.2, 0.25) is 5.60 Å². The molecule has 0 aromatic carbocycles. The number of pyridine rings is 1. The fourth-order valence-electron chi connectivity index (χ4n) is 3.64. The van der Waals surface area contributed by atoms with Gasteiger partial charge in [-0.25, -0.2) is 14.3 Å². The summed E-state index contributed by atoms with van der Waals surface area (Å²) in [7, 11) is 0. The number of rotatable bonds is 10. The average Bonchev–Trinajstić information content (AvgIpc) is 3.32. The number of carbonyl (C=O) groups is 4. The summed E-state index contributed by atoms with van der Waals surface area (Å²) in [4.78, 5) is 59.7. The smallest absolute Gasteiger partial charge is 0.350 e. The van der Waals surface area contributed by atoms with Gasteiger partial charge >= 0.3 is 5.97 Å². The van der Waals surface area contributed by atoms with Crippen molar-refractivity contribution in [1.82, 2.24) is 15.2 Å². The van der Waals surface area contributed by atoms with Crippen molar-refractivity contribution in [2.24, 2.45) is 5.16 Å². The van der Waals surface area contributed by atoms with Crippen molar-refractivity contribution in [1.29, 1.82) is 0 Å². The number of fused-ring (bicyclic) bond motifs is 1. The van der Waals surface area contributed by atoms with Crippen LogP contribution >= 0.6 is 23.1 Å². The number of nitrogens with zero attached hydrogens (tertiary/aromatic N) is 4. The van der Waals surface area contributed by atoms with Crippen molar-refractivity contribution in [3.05, 3.63) is 65.1 Å². The molecule has 0 aliphatic carbocycles. The number of β-lactam (4-membered cyclic amide) rings is 1. The molecule has 39 heavy (non-hydrogen) atoms. The highest BCUT2D eigenvalue weighted by atomic mass is 32.2. The lowest BCUT2D eigenvalue weighted by molar-refractivity contribution is -0.687. The summed E-state index contributed by atoms with van der Waals surface area (Å²) in [5, 5.41) is 28.4. The van der Waals surface area contributed by atoms with E-state index in [1.165, 1.54) is 31.0 Å². The minimum atomic E-state index is -1.76. The van der Waals surface area contributed by atoms with Crippen molar-refractivity contribution < 1.29 is 38.8 Å². The first kappa shape index (κ1) is 27.8. The van der Waals surface area contributed by atoms with Gasteiger partial charge in [-0.1, -0.05) is 17.3 Å². The minimum absolute atomic E-state index is 0.0233. The molecule has 1 unspecified atom stereocenters. The lowest BCUT2D eigenvalue weighted by Gasteiger charge is -2.50. The van der Waals surface area contributed by atoms with E-state index < -0.39 is 40.8 Å². The van der Waals surface area contributed by atoms with Crippen LogP contribution in [0.3, 0.4) is 0 Å². The van der Waals surface area contributed by atoms with Gasteiger partial charge in [0, 0.05) is 23.3 Å². The first-order chi connectivity index (χ1) is 18.5. The van der Waals surface area contributed by atoms with Crippen LogP contribution in [0.25, 0.3) is 0 Å². The van der Waals surface area contributed by atoms with E-state index in [4.69, 9.17) is 10.6 Å². The van der Waals surface area contributed by atoms with Crippen LogP contribution in [0.1, 0.15) is 19.5 Å². The van der Waals surface area contributed by atoms with Gasteiger partial charge in [0.15, 0.2) is 29.8 Å². The topological polar surface area (TPSA) is 191 Å². The van der Waals surface area contributed by atoms with E-state index in [9.17, 15) is 29.4 Å². The Hall–Kier alpha value is -4.24. The van der Waals surface area contributed by atoms with Crippen molar-refractivity contribution in [2.75, 3.05) is 11.5 Å². The van der Waals surface area contributed by atoms with Gasteiger partial charge in [0.05, 0.1) is 11.7 Å². The number of hydrogen-bond donors (Lipinski definition) is 3. The Balaban J connectivity index is 1.52. The SMILES string of the molecule is CC(C)(O/N=C(\C(=O)NC1C(=O)N2C(C(=O)[O-])=C(C=CC[n+]3ccccc3)CS[C@@H]12)c1csc(N)n1)C(=O)O. The Morgan fingerprint density at radius 2 is 2.08 bits per heavy atom. The van der Waals surface area contributed by atoms with E-state index in [1.54, 1.807) is 12.2 Å². The van der Waals surface area contributed by atoms with Crippen LogP contribution in [0, 0.1) is 0 Å². The number of carboxylic acid groups (broad SMARTS) is 2. The minimum Gasteiger partial charge on any atom is -0.543 e. The second-order valence-electron chi connectivity index (χ2n) is 8.91. The molecule has 0 saturated carbocycles. The number of aliphatic carboxylic acids is 2. The van der Waals surface area contributed by atoms with E-state index in [-0.39, 0.29) is 28.0 Å². The largest absolute Gasteiger partial charge is 0.543 e. The molecule has 15 heteroatoms. The van der Waals surface area contributed by atoms with Crippen LogP contribution < -0.4 is 20.7 Å². The fourth-order valence-corrected chi connectivity index (χ4v) is 5.51. The first-order valence-electron chi connectivity index (χ1n) is 11.5. The van der Waals surface area contributed by atoms with Gasteiger partial charge in [-0.3, -0.25) is 14.5 Å². The molecular weight excluding hydrogens is 548 g/mol. The number of carboxylic acids is 2. The zero-order valence-electron chi connectivity index (χ0n) is 20.8. The molecule has 2 aliphatic heterocycles. The number of thiazole rings is 1. The summed E-state index contributed by atoms with van der Waals surface area (Å²) in [6.07, 6.45) is 7.15. The summed E-state index contributed by atoms with van der Waals surface area (Å²) in [5.74, 6) is -4.08. The third-order valence-electron chi connectivity index (χ3n) is 5.75. The molecule has 2 aromatic heterocycles. The number of carbonyl (C=O) groups excluding carboxylic acids is 3. The molecule has 2 aromatic rings. The van der Waals surface area contributed by atoms with Crippen molar-refractivity contribution in [3.8, 4) is 0 Å². The predicted octanol–water partition coefficient (Wildman–Crippen LogP) is -0.743. The summed E-state index contributed by atoms with van der Waals surface area (Å²) in [5.41, 5.74) is 3.71. The Morgan fingerprint density at radius 3 is 2.69 bits per heavy atom. The Morgan fingerprint density at radius 1 is 1.36 bits per heavy atom. The molecule has 4 rings (SSSR count). The van der Waals surface area contributed by atoms with Gasteiger partial charge in [-0.05, 0) is 25.5 Å². The molecule has 204 valence electrons. The third kappa shape index (κ3) is 5.93. The Labute approximate surface area is 230 Å². The van der Waals surface area contributed by atoms with E-state index >= 15 is 0 Å². The number of thioether (sulfide) groups is 1. The van der Waals surface area contributed by atoms with Crippen LogP contribution in [-0.2, 0) is 30.6 Å². The second-order valence-corrected chi connectivity index (χ2v) is 10.9. The Kier molecular flexibility index (Phi) is 8.01. The summed E-state index contributed by atoms with van der Waals surface area (Å²) in [6.45, 7) is 2.98. The van der Waals surface area contributed by atoms with Gasteiger partial charge in [0.1, 0.15) is 17.1 Å². The van der Waals surface area contributed by atoms with Crippen molar-refractivity contribution in [3.63, 3.8) is 0 Å². The normalized spacial score (nSPS) is 19.5. The van der Waals surface area contributed by atoms with E-state index in [1.807, 2.05) is 35.2 Å². The third-order valence-corrected chi connectivity index (χ3v) is 7.73. The lowest BCUT2D eigenvalue weighted by Crippen LogP contribution is -2.71. The average molecular weight is 573 g/mol. The molecule has 0 bridgehead atoms. The number of nitrogens with one attached hydrogen (secondary N) is 1. The van der Waals surface area contributed by atoms with E-state index in [0.717, 1.165) is 16.2 Å². The molecule has 13 nitrogen and oxygen atoms in total. The van der Waals surface area contributed by atoms with Gasteiger partial charge < -0.3 is 30.9 Å². The highest BCUT2D eigenvalue weighted by molar-refractivity contribution is 8.00. The Bertz CT molecular complexity index is 1400. The van der Waals surface area contributed by atoms with Crippen molar-refractivity contribution in [2.45, 2.75) is 37.4 Å². The zero-order chi connectivity index (χ0) is 28.3. The molecule has 0 spiro atoms. The summed E-state index contributed by atoms with van der Waals surface area (Å²) in [6, 6.07) is 4.54. The van der Waals surface area contributed by atoms with Gasteiger partial charge in [-0.15, -0.1) is 23.1 Å². The van der Waals surface area contributed by atoms with Crippen LogP contribution in [0.4, 0.5) is 5.13 Å². The number of amides is 2. The lowest BCUT2D eigenvalue weighted by atomic mass is 10.0. The van der Waals surface area contributed by atoms with E-state index in [0.29, 0.717) is 12.1 Å². The highest BCUT2D eigenvalue weighted by Gasteiger charge is 2.53. The molecular formula is C24H24N6O7S2. The molecule has 4 N–H and O–H groups in total. The molecule has 1 fully saturated rings. The number of hydrogen-bond acceptors (Lipinski definition) is 11. The monoisotopic (exact) mass is 572 g/mol. The van der Waals surface area contributed by atoms with Gasteiger partial charge in [0.25, 0.3) is 11.8 Å². The molecule has 4 heterocycles. The van der Waals surface area contributed by atoms with Crippen molar-refractivity contribution >= 4 is 57.7 Å². The van der Waals surface area contributed by atoms with Crippen LogP contribution in [0.15, 0.2) is 64.6 Å². The van der Waals surface area contributed by atoms with Crippen LogP contribution in [-0.4, -0.2) is 67.2 Å². The molecule has 1 saturated heterocycles. The maximum Gasteiger partial charge on any atom is 0.350 e. The molecule has 2 aliphatic rings.